The fraction of sp³-hybridized carbons (Fsp3) is 0.250. The molecule has 0 saturated carbocycles. The van der Waals surface area contributed by atoms with Crippen molar-refractivity contribution in [2.24, 2.45) is 0 Å². The predicted molar refractivity (Wildman–Crippen MR) is 89.7 cm³/mol. The van der Waals surface area contributed by atoms with Gasteiger partial charge in [-0.2, -0.15) is 4.31 Å². The van der Waals surface area contributed by atoms with Crippen LogP contribution < -0.4 is 9.47 Å². The fourth-order valence-corrected chi connectivity index (χ4v) is 3.46. The molecule has 2 aromatic carbocycles. The Morgan fingerprint density at radius 3 is 2.26 bits per heavy atom. The Bertz CT molecular complexity index is 775. The van der Waals surface area contributed by atoms with Crippen LogP contribution >= 0.6 is 11.6 Å². The van der Waals surface area contributed by atoms with Crippen molar-refractivity contribution < 1.29 is 17.9 Å². The molecule has 2 rings (SSSR count). The molecule has 0 fully saturated rings. The summed E-state index contributed by atoms with van der Waals surface area (Å²) >= 11 is 5.81. The van der Waals surface area contributed by atoms with E-state index in [2.05, 4.69) is 0 Å². The highest BCUT2D eigenvalue weighted by atomic mass is 35.5. The van der Waals surface area contributed by atoms with Crippen LogP contribution in [0.5, 0.6) is 11.5 Å². The average Bonchev–Trinajstić information content (AvgIpc) is 2.54. The zero-order valence-electron chi connectivity index (χ0n) is 13.1. The standard InChI is InChI=1S/C16H18ClNO4S/c1-18(23(19,20)14-9-7-13(17)8-10-14)11-12-5-4-6-15(21-2)16(12)22-3/h4-10H,11H2,1-3H3. The van der Waals surface area contributed by atoms with Crippen molar-refractivity contribution >= 4 is 21.6 Å². The van der Waals surface area contributed by atoms with Gasteiger partial charge in [-0.05, 0) is 30.3 Å². The Morgan fingerprint density at radius 2 is 1.70 bits per heavy atom. The summed E-state index contributed by atoms with van der Waals surface area (Å²) in [6.07, 6.45) is 0. The number of para-hydroxylation sites is 1. The summed E-state index contributed by atoms with van der Waals surface area (Å²) in [5, 5.41) is 0.487. The van der Waals surface area contributed by atoms with E-state index in [1.54, 1.807) is 30.3 Å². The molecule has 0 aliphatic carbocycles. The highest BCUT2D eigenvalue weighted by molar-refractivity contribution is 7.89. The van der Waals surface area contributed by atoms with Gasteiger partial charge in [0.15, 0.2) is 11.5 Å². The zero-order chi connectivity index (χ0) is 17.0. The number of methoxy groups -OCH3 is 2. The number of ether oxygens (including phenoxy) is 2. The summed E-state index contributed by atoms with van der Waals surface area (Å²) in [5.74, 6) is 1.08. The molecule has 7 heteroatoms. The first-order chi connectivity index (χ1) is 10.9. The number of sulfonamides is 1. The van der Waals surface area contributed by atoms with E-state index < -0.39 is 10.0 Å². The van der Waals surface area contributed by atoms with Crippen LogP contribution in [0.4, 0.5) is 0 Å². The molecule has 0 saturated heterocycles. The Labute approximate surface area is 141 Å². The lowest BCUT2D eigenvalue weighted by molar-refractivity contribution is 0.347. The van der Waals surface area contributed by atoms with Gasteiger partial charge in [0.1, 0.15) is 0 Å². The van der Waals surface area contributed by atoms with Gasteiger partial charge < -0.3 is 9.47 Å². The van der Waals surface area contributed by atoms with Crippen molar-refractivity contribution in [3.8, 4) is 11.5 Å². The van der Waals surface area contributed by atoms with Crippen molar-refractivity contribution in [3.05, 3.63) is 53.1 Å². The van der Waals surface area contributed by atoms with Crippen LogP contribution in [0.2, 0.25) is 5.02 Å². The molecule has 0 aromatic heterocycles. The molecule has 0 aliphatic rings. The number of benzene rings is 2. The molecular formula is C16H18ClNO4S. The first kappa shape index (κ1) is 17.6. The quantitative estimate of drug-likeness (QED) is 0.798. The van der Waals surface area contributed by atoms with Crippen LogP contribution in [0.3, 0.4) is 0 Å². The van der Waals surface area contributed by atoms with Crippen molar-refractivity contribution in [1.29, 1.82) is 0 Å². The molecule has 0 spiro atoms. The Kier molecular flexibility index (Phi) is 5.51. The number of nitrogens with zero attached hydrogens (tertiary/aromatic N) is 1. The second kappa shape index (κ2) is 7.21. The zero-order valence-corrected chi connectivity index (χ0v) is 14.7. The van der Waals surface area contributed by atoms with Gasteiger partial charge in [-0.25, -0.2) is 8.42 Å². The summed E-state index contributed by atoms with van der Waals surface area (Å²) in [5.41, 5.74) is 0.715. The summed E-state index contributed by atoms with van der Waals surface area (Å²) in [4.78, 5) is 0.186. The van der Waals surface area contributed by atoms with Crippen LogP contribution in [0.15, 0.2) is 47.4 Å². The predicted octanol–water partition coefficient (Wildman–Crippen LogP) is 3.18. The molecule has 23 heavy (non-hydrogen) atoms. The minimum Gasteiger partial charge on any atom is -0.493 e. The summed E-state index contributed by atoms with van der Waals surface area (Å²) in [6, 6.07) is 11.4. The summed E-state index contributed by atoms with van der Waals surface area (Å²) in [7, 11) is 0.957. The monoisotopic (exact) mass is 355 g/mol. The molecule has 0 heterocycles. The fourth-order valence-electron chi connectivity index (χ4n) is 2.19. The lowest BCUT2D eigenvalue weighted by Crippen LogP contribution is -2.26. The van der Waals surface area contributed by atoms with Gasteiger partial charge >= 0.3 is 0 Å². The Balaban J connectivity index is 2.31. The minimum atomic E-state index is -3.62. The third kappa shape index (κ3) is 3.77. The molecule has 124 valence electrons. The highest BCUT2D eigenvalue weighted by Crippen LogP contribution is 2.32. The number of halogens is 1. The van der Waals surface area contributed by atoms with Gasteiger partial charge in [-0.1, -0.05) is 23.7 Å². The molecule has 0 unspecified atom stereocenters. The number of rotatable bonds is 6. The summed E-state index contributed by atoms with van der Waals surface area (Å²) < 4.78 is 37.1. The maximum atomic E-state index is 12.6. The van der Waals surface area contributed by atoms with Crippen molar-refractivity contribution in [3.63, 3.8) is 0 Å². The van der Waals surface area contributed by atoms with Gasteiger partial charge in [0.2, 0.25) is 10.0 Å². The average molecular weight is 356 g/mol. The van der Waals surface area contributed by atoms with E-state index >= 15 is 0 Å². The lowest BCUT2D eigenvalue weighted by atomic mass is 10.2. The van der Waals surface area contributed by atoms with Gasteiger partial charge in [-0.3, -0.25) is 0 Å². The Morgan fingerprint density at radius 1 is 1.04 bits per heavy atom. The topological polar surface area (TPSA) is 55.8 Å². The largest absolute Gasteiger partial charge is 0.493 e. The molecule has 5 nitrogen and oxygen atoms in total. The van der Waals surface area contributed by atoms with E-state index in [0.717, 1.165) is 0 Å². The van der Waals surface area contributed by atoms with E-state index in [1.807, 2.05) is 0 Å². The second-order valence-corrected chi connectivity index (χ2v) is 7.35. The normalized spacial score (nSPS) is 11.5. The molecule has 0 bridgehead atoms. The molecule has 0 amide bonds. The minimum absolute atomic E-state index is 0.158. The molecule has 0 radical (unpaired) electrons. The first-order valence-electron chi connectivity index (χ1n) is 6.82. The van der Waals surface area contributed by atoms with E-state index in [9.17, 15) is 8.42 Å². The third-order valence-electron chi connectivity index (χ3n) is 3.40. The van der Waals surface area contributed by atoms with Crippen LogP contribution in [0.25, 0.3) is 0 Å². The molecule has 2 aromatic rings. The second-order valence-electron chi connectivity index (χ2n) is 4.87. The van der Waals surface area contributed by atoms with Crippen molar-refractivity contribution in [2.75, 3.05) is 21.3 Å². The van der Waals surface area contributed by atoms with Gasteiger partial charge in [0, 0.05) is 24.2 Å². The van der Waals surface area contributed by atoms with E-state index in [-0.39, 0.29) is 11.4 Å². The maximum absolute atomic E-state index is 12.6. The molecule has 0 atom stereocenters. The van der Waals surface area contributed by atoms with E-state index in [1.165, 1.54) is 37.7 Å². The van der Waals surface area contributed by atoms with Gasteiger partial charge in [0.05, 0.1) is 19.1 Å². The third-order valence-corrected chi connectivity index (χ3v) is 5.47. The highest BCUT2D eigenvalue weighted by Gasteiger charge is 2.22. The van der Waals surface area contributed by atoms with Crippen LogP contribution in [0.1, 0.15) is 5.56 Å². The molecule has 0 aliphatic heterocycles. The van der Waals surface area contributed by atoms with E-state index in [0.29, 0.717) is 22.1 Å². The van der Waals surface area contributed by atoms with E-state index in [4.69, 9.17) is 21.1 Å². The number of hydrogen-bond donors (Lipinski definition) is 0. The van der Waals surface area contributed by atoms with Gasteiger partial charge in [-0.15, -0.1) is 0 Å². The van der Waals surface area contributed by atoms with Crippen LogP contribution in [-0.2, 0) is 16.6 Å². The van der Waals surface area contributed by atoms with Crippen LogP contribution in [0, 0.1) is 0 Å². The first-order valence-corrected chi connectivity index (χ1v) is 8.63. The van der Waals surface area contributed by atoms with Crippen LogP contribution in [-0.4, -0.2) is 34.0 Å². The summed E-state index contributed by atoms with van der Waals surface area (Å²) in [6.45, 7) is 0.158. The number of hydrogen-bond acceptors (Lipinski definition) is 4. The SMILES string of the molecule is COc1cccc(CN(C)S(=O)(=O)c2ccc(Cl)cc2)c1OC. The molecular weight excluding hydrogens is 338 g/mol. The van der Waals surface area contributed by atoms with Gasteiger partial charge in [0.25, 0.3) is 0 Å². The molecule has 0 N–H and O–H groups in total. The van der Waals surface area contributed by atoms with Crippen molar-refractivity contribution in [1.82, 2.24) is 4.31 Å². The Hall–Kier alpha value is -1.76. The lowest BCUT2D eigenvalue weighted by Gasteiger charge is -2.19. The maximum Gasteiger partial charge on any atom is 0.243 e. The van der Waals surface area contributed by atoms with Crippen molar-refractivity contribution in [2.45, 2.75) is 11.4 Å². The smallest absolute Gasteiger partial charge is 0.243 e.